The van der Waals surface area contributed by atoms with Gasteiger partial charge in [0, 0.05) is 31.7 Å². The van der Waals surface area contributed by atoms with Crippen LogP contribution in [0.2, 0.25) is 0 Å². The van der Waals surface area contributed by atoms with Gasteiger partial charge in [-0.2, -0.15) is 0 Å². The fourth-order valence-corrected chi connectivity index (χ4v) is 3.46. The summed E-state index contributed by atoms with van der Waals surface area (Å²) in [6.07, 6.45) is 1.13. The molecule has 0 aliphatic carbocycles. The molecule has 0 fully saturated rings. The van der Waals surface area contributed by atoms with E-state index in [9.17, 15) is 9.59 Å². The molecule has 0 spiro atoms. The van der Waals surface area contributed by atoms with Crippen LogP contribution in [0.1, 0.15) is 11.1 Å². The Morgan fingerprint density at radius 1 is 0.765 bits per heavy atom. The highest BCUT2D eigenvalue weighted by Gasteiger charge is 2.20. The Morgan fingerprint density at radius 3 is 2.06 bits per heavy atom. The van der Waals surface area contributed by atoms with Crippen LogP contribution in [0.4, 0.5) is 10.5 Å². The van der Waals surface area contributed by atoms with Crippen LogP contribution in [0.5, 0.6) is 5.75 Å². The Bertz CT molecular complexity index is 1010. The third-order valence-corrected chi connectivity index (χ3v) is 5.29. The molecule has 0 aliphatic heterocycles. The van der Waals surface area contributed by atoms with E-state index in [2.05, 4.69) is 21.3 Å². The lowest BCUT2D eigenvalue weighted by atomic mass is 10.1. The summed E-state index contributed by atoms with van der Waals surface area (Å²) in [5, 5.41) is 11.8. The molecular weight excluding hydrogens is 428 g/mol. The molecule has 1 unspecified atom stereocenters. The molecule has 7 nitrogen and oxygen atoms in total. The molecule has 0 saturated heterocycles. The first-order valence-corrected chi connectivity index (χ1v) is 11.4. The minimum atomic E-state index is -0.680. The van der Waals surface area contributed by atoms with Gasteiger partial charge in [0.15, 0.2) is 0 Å². The Balaban J connectivity index is 1.48. The zero-order valence-electron chi connectivity index (χ0n) is 19.4. The van der Waals surface area contributed by atoms with Crippen molar-refractivity contribution in [2.75, 3.05) is 32.1 Å². The van der Waals surface area contributed by atoms with Gasteiger partial charge in [0.05, 0.1) is 7.11 Å². The molecule has 0 bridgehead atoms. The van der Waals surface area contributed by atoms with Gasteiger partial charge in [0.2, 0.25) is 5.91 Å². The van der Waals surface area contributed by atoms with Gasteiger partial charge >= 0.3 is 6.03 Å². The average molecular weight is 461 g/mol. The van der Waals surface area contributed by atoms with Gasteiger partial charge in [-0.15, -0.1) is 0 Å². The first-order chi connectivity index (χ1) is 16.6. The molecule has 3 aromatic carbocycles. The first kappa shape index (κ1) is 24.6. The van der Waals surface area contributed by atoms with Gasteiger partial charge in [0.25, 0.3) is 0 Å². The zero-order valence-corrected chi connectivity index (χ0v) is 19.4. The number of benzene rings is 3. The molecule has 3 amide bonds. The standard InChI is InChI=1S/C27H32N4O3/c1-34-24-14-12-23(13-15-24)28-18-19-29-26(32)25(20-22-10-6-3-7-11-22)31-27(33)30-17-16-21-8-4-2-5-9-21/h2-15,25,28H,16-20H2,1H3,(H,29,32)(H2,30,31,33). The lowest BCUT2D eigenvalue weighted by molar-refractivity contribution is -0.122. The molecule has 0 saturated carbocycles. The molecule has 34 heavy (non-hydrogen) atoms. The average Bonchev–Trinajstić information content (AvgIpc) is 2.87. The number of hydrogen-bond acceptors (Lipinski definition) is 4. The van der Waals surface area contributed by atoms with Crippen LogP contribution in [0.15, 0.2) is 84.9 Å². The van der Waals surface area contributed by atoms with Gasteiger partial charge in [0.1, 0.15) is 11.8 Å². The number of carbonyl (C=O) groups excluding carboxylic acids is 2. The van der Waals surface area contributed by atoms with E-state index < -0.39 is 6.04 Å². The maximum Gasteiger partial charge on any atom is 0.315 e. The van der Waals surface area contributed by atoms with E-state index in [0.717, 1.165) is 29.0 Å². The quantitative estimate of drug-likeness (QED) is 0.312. The fourth-order valence-electron chi connectivity index (χ4n) is 3.46. The Hall–Kier alpha value is -4.00. The maximum atomic E-state index is 12.9. The number of ether oxygens (including phenoxy) is 1. The van der Waals surface area contributed by atoms with Crippen molar-refractivity contribution in [1.82, 2.24) is 16.0 Å². The van der Waals surface area contributed by atoms with E-state index >= 15 is 0 Å². The Morgan fingerprint density at radius 2 is 1.41 bits per heavy atom. The zero-order chi connectivity index (χ0) is 24.0. The molecule has 178 valence electrons. The van der Waals surface area contributed by atoms with Crippen molar-refractivity contribution < 1.29 is 14.3 Å². The minimum absolute atomic E-state index is 0.224. The fraction of sp³-hybridized carbons (Fsp3) is 0.259. The smallest absolute Gasteiger partial charge is 0.315 e. The predicted octanol–water partition coefficient (Wildman–Crippen LogP) is 3.38. The van der Waals surface area contributed by atoms with Crippen molar-refractivity contribution in [3.8, 4) is 5.75 Å². The molecule has 0 radical (unpaired) electrons. The van der Waals surface area contributed by atoms with E-state index in [1.165, 1.54) is 0 Å². The Kier molecular flexibility index (Phi) is 9.80. The minimum Gasteiger partial charge on any atom is -0.497 e. The number of hydrogen-bond donors (Lipinski definition) is 4. The summed E-state index contributed by atoms with van der Waals surface area (Å²) in [6.45, 7) is 1.47. The second-order valence-corrected chi connectivity index (χ2v) is 7.82. The van der Waals surface area contributed by atoms with Crippen molar-refractivity contribution >= 4 is 17.6 Å². The molecule has 0 heterocycles. The number of rotatable bonds is 12. The van der Waals surface area contributed by atoms with Gasteiger partial charge in [-0.05, 0) is 41.8 Å². The lowest BCUT2D eigenvalue weighted by Crippen LogP contribution is -2.51. The molecule has 3 aromatic rings. The van der Waals surface area contributed by atoms with Crippen molar-refractivity contribution in [2.45, 2.75) is 18.9 Å². The van der Waals surface area contributed by atoms with Gasteiger partial charge in [-0.1, -0.05) is 60.7 Å². The molecule has 4 N–H and O–H groups in total. The van der Waals surface area contributed by atoms with Gasteiger partial charge in [-0.3, -0.25) is 4.79 Å². The second-order valence-electron chi connectivity index (χ2n) is 7.82. The maximum absolute atomic E-state index is 12.9. The van der Waals surface area contributed by atoms with Gasteiger partial charge < -0.3 is 26.0 Å². The van der Waals surface area contributed by atoms with Crippen LogP contribution in [-0.2, 0) is 17.6 Å². The predicted molar refractivity (Wildman–Crippen MR) is 135 cm³/mol. The molecule has 3 rings (SSSR count). The number of nitrogens with one attached hydrogen (secondary N) is 4. The van der Waals surface area contributed by atoms with Crippen molar-refractivity contribution in [1.29, 1.82) is 0 Å². The number of carbonyl (C=O) groups is 2. The van der Waals surface area contributed by atoms with E-state index in [4.69, 9.17) is 4.74 Å². The summed E-state index contributed by atoms with van der Waals surface area (Å²) in [5.41, 5.74) is 3.06. The van der Waals surface area contributed by atoms with Gasteiger partial charge in [-0.25, -0.2) is 4.79 Å². The normalized spacial score (nSPS) is 11.2. The third kappa shape index (κ3) is 8.50. The van der Waals surface area contributed by atoms with E-state index in [-0.39, 0.29) is 11.9 Å². The van der Waals surface area contributed by atoms with E-state index in [0.29, 0.717) is 26.1 Å². The van der Waals surface area contributed by atoms with Crippen LogP contribution in [0.25, 0.3) is 0 Å². The summed E-state index contributed by atoms with van der Waals surface area (Å²) in [4.78, 5) is 25.4. The highest BCUT2D eigenvalue weighted by atomic mass is 16.5. The number of methoxy groups -OCH3 is 1. The summed E-state index contributed by atoms with van der Waals surface area (Å²) < 4.78 is 5.16. The van der Waals surface area contributed by atoms with Crippen LogP contribution in [0, 0.1) is 0 Å². The molecule has 0 aliphatic rings. The molecule has 1 atom stereocenters. The number of amides is 3. The van der Waals surface area contributed by atoms with Crippen LogP contribution < -0.4 is 26.0 Å². The molecular formula is C27H32N4O3. The third-order valence-electron chi connectivity index (χ3n) is 5.29. The number of anilines is 1. The number of urea groups is 1. The highest BCUT2D eigenvalue weighted by Crippen LogP contribution is 2.14. The second kappa shape index (κ2) is 13.5. The molecule has 7 heteroatoms. The van der Waals surface area contributed by atoms with Crippen LogP contribution >= 0.6 is 0 Å². The van der Waals surface area contributed by atoms with Crippen molar-refractivity contribution in [3.63, 3.8) is 0 Å². The van der Waals surface area contributed by atoms with E-state index in [1.807, 2.05) is 84.9 Å². The van der Waals surface area contributed by atoms with Crippen molar-refractivity contribution in [3.05, 3.63) is 96.1 Å². The summed E-state index contributed by atoms with van der Waals surface area (Å²) in [5.74, 6) is 0.564. The largest absolute Gasteiger partial charge is 0.497 e. The van der Waals surface area contributed by atoms with Crippen LogP contribution in [-0.4, -0.2) is 44.7 Å². The summed E-state index contributed by atoms with van der Waals surface area (Å²) in [7, 11) is 1.63. The first-order valence-electron chi connectivity index (χ1n) is 11.4. The Labute approximate surface area is 200 Å². The summed E-state index contributed by atoms with van der Waals surface area (Å²) in [6, 6.07) is 26.1. The SMILES string of the molecule is COc1ccc(NCCNC(=O)C(Cc2ccccc2)NC(=O)NCCc2ccccc2)cc1. The topological polar surface area (TPSA) is 91.5 Å². The van der Waals surface area contributed by atoms with E-state index in [1.54, 1.807) is 7.11 Å². The highest BCUT2D eigenvalue weighted by molar-refractivity contribution is 5.87. The molecule has 0 aromatic heterocycles. The monoisotopic (exact) mass is 460 g/mol. The lowest BCUT2D eigenvalue weighted by Gasteiger charge is -2.19. The van der Waals surface area contributed by atoms with Crippen LogP contribution in [0.3, 0.4) is 0 Å². The van der Waals surface area contributed by atoms with Crippen molar-refractivity contribution in [2.24, 2.45) is 0 Å². The summed E-state index contributed by atoms with van der Waals surface area (Å²) >= 11 is 0.